The van der Waals surface area contributed by atoms with Gasteiger partial charge in [0.15, 0.2) is 0 Å². The quantitative estimate of drug-likeness (QED) is 0.588. The summed E-state index contributed by atoms with van der Waals surface area (Å²) in [6.07, 6.45) is 6.32. The summed E-state index contributed by atoms with van der Waals surface area (Å²) in [5.41, 5.74) is 0.172. The molecule has 1 heteroatoms. The van der Waals surface area contributed by atoms with Crippen LogP contribution in [0.4, 0.5) is 0 Å². The predicted molar refractivity (Wildman–Crippen MR) is 45.8 cm³/mol. The molecule has 0 spiro atoms. The van der Waals surface area contributed by atoms with Gasteiger partial charge in [-0.1, -0.05) is 12.8 Å². The van der Waals surface area contributed by atoms with Gasteiger partial charge in [0.2, 0.25) is 0 Å². The SMILES string of the molecule is C#CC(C)NC(C)(C)CC. The summed E-state index contributed by atoms with van der Waals surface area (Å²) in [5, 5.41) is 3.32. The van der Waals surface area contributed by atoms with Crippen LogP contribution in [-0.4, -0.2) is 11.6 Å². The van der Waals surface area contributed by atoms with E-state index in [4.69, 9.17) is 6.42 Å². The van der Waals surface area contributed by atoms with E-state index < -0.39 is 0 Å². The van der Waals surface area contributed by atoms with Gasteiger partial charge in [-0.05, 0) is 27.2 Å². The Bertz CT molecular complexity index is 130. The van der Waals surface area contributed by atoms with Crippen molar-refractivity contribution in [3.05, 3.63) is 0 Å². The van der Waals surface area contributed by atoms with E-state index in [-0.39, 0.29) is 11.6 Å². The van der Waals surface area contributed by atoms with E-state index in [1.165, 1.54) is 0 Å². The number of terminal acetylenes is 1. The summed E-state index contributed by atoms with van der Waals surface area (Å²) in [5.74, 6) is 2.64. The van der Waals surface area contributed by atoms with Crippen molar-refractivity contribution in [3.8, 4) is 12.3 Å². The second-order valence-electron chi connectivity index (χ2n) is 3.27. The van der Waals surface area contributed by atoms with Crippen molar-refractivity contribution in [2.45, 2.75) is 45.7 Å². The predicted octanol–water partition coefficient (Wildman–Crippen LogP) is 1.79. The molecule has 58 valence electrons. The Labute approximate surface area is 64.2 Å². The molecule has 0 aromatic heterocycles. The minimum Gasteiger partial charge on any atom is -0.299 e. The van der Waals surface area contributed by atoms with Gasteiger partial charge in [-0.25, -0.2) is 0 Å². The van der Waals surface area contributed by atoms with Gasteiger partial charge in [0.25, 0.3) is 0 Å². The highest BCUT2D eigenvalue weighted by Gasteiger charge is 2.15. The third kappa shape index (κ3) is 3.53. The van der Waals surface area contributed by atoms with Gasteiger partial charge >= 0.3 is 0 Å². The summed E-state index contributed by atoms with van der Waals surface area (Å²) in [6.45, 7) is 8.45. The summed E-state index contributed by atoms with van der Waals surface area (Å²) in [4.78, 5) is 0. The van der Waals surface area contributed by atoms with Crippen molar-refractivity contribution in [2.75, 3.05) is 0 Å². The Morgan fingerprint density at radius 3 is 2.40 bits per heavy atom. The lowest BCUT2D eigenvalue weighted by Crippen LogP contribution is -2.43. The van der Waals surface area contributed by atoms with Crippen LogP contribution in [0.5, 0.6) is 0 Å². The first kappa shape index (κ1) is 9.52. The molecule has 0 bridgehead atoms. The largest absolute Gasteiger partial charge is 0.299 e. The first-order chi connectivity index (χ1) is 4.52. The van der Waals surface area contributed by atoms with Crippen LogP contribution in [0.15, 0.2) is 0 Å². The van der Waals surface area contributed by atoms with Crippen molar-refractivity contribution in [2.24, 2.45) is 0 Å². The lowest BCUT2D eigenvalue weighted by atomic mass is 10.0. The molecular weight excluding hydrogens is 122 g/mol. The molecule has 1 N–H and O–H groups in total. The third-order valence-corrected chi connectivity index (χ3v) is 1.74. The second-order valence-corrected chi connectivity index (χ2v) is 3.27. The molecule has 0 radical (unpaired) electrons. The highest BCUT2D eigenvalue weighted by Crippen LogP contribution is 2.07. The molecule has 0 aromatic carbocycles. The molecule has 0 fully saturated rings. The van der Waals surface area contributed by atoms with Gasteiger partial charge < -0.3 is 0 Å². The Kier molecular flexibility index (Phi) is 3.46. The monoisotopic (exact) mass is 139 g/mol. The Hall–Kier alpha value is -0.480. The van der Waals surface area contributed by atoms with Crippen LogP contribution >= 0.6 is 0 Å². The maximum atomic E-state index is 5.22. The fraction of sp³-hybridized carbons (Fsp3) is 0.778. The number of rotatable bonds is 3. The Morgan fingerprint density at radius 1 is 1.60 bits per heavy atom. The smallest absolute Gasteiger partial charge is 0.0662 e. The van der Waals surface area contributed by atoms with Crippen LogP contribution < -0.4 is 5.32 Å². The lowest BCUT2D eigenvalue weighted by molar-refractivity contribution is 0.363. The molecule has 1 nitrogen and oxygen atoms in total. The van der Waals surface area contributed by atoms with Crippen LogP contribution in [0, 0.1) is 12.3 Å². The molecule has 0 aromatic rings. The highest BCUT2D eigenvalue weighted by atomic mass is 15.0. The van der Waals surface area contributed by atoms with Gasteiger partial charge in [-0.3, -0.25) is 5.32 Å². The van der Waals surface area contributed by atoms with Crippen molar-refractivity contribution < 1.29 is 0 Å². The third-order valence-electron chi connectivity index (χ3n) is 1.74. The average molecular weight is 139 g/mol. The van der Waals surface area contributed by atoms with E-state index in [2.05, 4.69) is 32.0 Å². The zero-order valence-corrected chi connectivity index (χ0v) is 7.36. The van der Waals surface area contributed by atoms with Crippen LogP contribution in [-0.2, 0) is 0 Å². The zero-order valence-electron chi connectivity index (χ0n) is 7.36. The van der Waals surface area contributed by atoms with E-state index in [0.29, 0.717) is 0 Å². The molecule has 0 heterocycles. The minimum absolute atomic E-state index is 0.172. The number of nitrogens with one attached hydrogen (secondary N) is 1. The average Bonchev–Trinajstić information content (AvgIpc) is 1.87. The van der Waals surface area contributed by atoms with Gasteiger partial charge in [-0.15, -0.1) is 6.42 Å². The summed E-state index contributed by atoms with van der Waals surface area (Å²) < 4.78 is 0. The standard InChI is InChI=1S/C9H17N/c1-6-8(3)10-9(4,5)7-2/h1,8,10H,7H2,2-5H3. The van der Waals surface area contributed by atoms with E-state index >= 15 is 0 Å². The molecule has 0 rings (SSSR count). The van der Waals surface area contributed by atoms with Gasteiger partial charge in [0.05, 0.1) is 6.04 Å². The van der Waals surface area contributed by atoms with Crippen LogP contribution in [0.3, 0.4) is 0 Å². The first-order valence-corrected chi connectivity index (χ1v) is 3.75. The number of hydrogen-bond acceptors (Lipinski definition) is 1. The Balaban J connectivity index is 3.79. The summed E-state index contributed by atoms with van der Waals surface area (Å²) >= 11 is 0. The molecular formula is C9H17N. The molecule has 0 saturated heterocycles. The van der Waals surface area contributed by atoms with Gasteiger partial charge in [0, 0.05) is 5.54 Å². The molecule has 10 heavy (non-hydrogen) atoms. The van der Waals surface area contributed by atoms with Crippen molar-refractivity contribution in [1.29, 1.82) is 0 Å². The molecule has 0 aliphatic heterocycles. The maximum absolute atomic E-state index is 5.22. The van der Waals surface area contributed by atoms with Gasteiger partial charge in [-0.2, -0.15) is 0 Å². The highest BCUT2D eigenvalue weighted by molar-refractivity contribution is 4.98. The summed E-state index contributed by atoms with van der Waals surface area (Å²) in [6, 6.07) is 0.176. The zero-order chi connectivity index (χ0) is 8.20. The normalized spacial score (nSPS) is 14.3. The van der Waals surface area contributed by atoms with E-state index in [0.717, 1.165) is 6.42 Å². The summed E-state index contributed by atoms with van der Waals surface area (Å²) in [7, 11) is 0. The molecule has 1 unspecified atom stereocenters. The molecule has 1 atom stereocenters. The van der Waals surface area contributed by atoms with Crippen molar-refractivity contribution in [1.82, 2.24) is 5.32 Å². The fourth-order valence-corrected chi connectivity index (χ4v) is 0.730. The molecule has 0 aliphatic rings. The molecule has 0 aliphatic carbocycles. The fourth-order valence-electron chi connectivity index (χ4n) is 0.730. The first-order valence-electron chi connectivity index (χ1n) is 3.75. The maximum Gasteiger partial charge on any atom is 0.0662 e. The van der Waals surface area contributed by atoms with Crippen molar-refractivity contribution >= 4 is 0 Å². The topological polar surface area (TPSA) is 12.0 Å². The van der Waals surface area contributed by atoms with Crippen LogP contribution in [0.25, 0.3) is 0 Å². The number of hydrogen-bond donors (Lipinski definition) is 1. The van der Waals surface area contributed by atoms with E-state index in [1.54, 1.807) is 0 Å². The molecule has 0 amide bonds. The van der Waals surface area contributed by atoms with E-state index in [9.17, 15) is 0 Å². The van der Waals surface area contributed by atoms with Crippen LogP contribution in [0.2, 0.25) is 0 Å². The lowest BCUT2D eigenvalue weighted by Gasteiger charge is -2.26. The second kappa shape index (κ2) is 3.63. The van der Waals surface area contributed by atoms with Crippen LogP contribution in [0.1, 0.15) is 34.1 Å². The van der Waals surface area contributed by atoms with Gasteiger partial charge in [0.1, 0.15) is 0 Å². The molecule has 0 saturated carbocycles. The minimum atomic E-state index is 0.172. The Morgan fingerprint density at radius 2 is 2.10 bits per heavy atom. The van der Waals surface area contributed by atoms with Crippen molar-refractivity contribution in [3.63, 3.8) is 0 Å². The van der Waals surface area contributed by atoms with E-state index in [1.807, 2.05) is 6.92 Å².